The lowest BCUT2D eigenvalue weighted by Gasteiger charge is -2.38. The van der Waals surface area contributed by atoms with E-state index in [1.807, 2.05) is 0 Å². The standard InChI is InChI=1S/C37H52Si2/c1-28(2)38(29(3)4,30(5)6)25-23-36(34-19-15-13-16-20-34)27-37(35-21-17-14-18-22-35)24-26-39(31(7)8,32(9)10)33(11)12/h13-22,28-33H,1-12H3. The Hall–Kier alpha value is -2.49. The molecule has 0 aromatic heterocycles. The lowest BCUT2D eigenvalue weighted by atomic mass is 10.0. The fourth-order valence-corrected chi connectivity index (χ4v) is 17.3. The van der Waals surface area contributed by atoms with Gasteiger partial charge in [-0.3, -0.25) is 0 Å². The van der Waals surface area contributed by atoms with Crippen molar-refractivity contribution < 1.29 is 0 Å². The first-order valence-electron chi connectivity index (χ1n) is 15.0. The van der Waals surface area contributed by atoms with Crippen molar-refractivity contribution in [2.45, 2.75) is 116 Å². The van der Waals surface area contributed by atoms with E-state index in [0.717, 1.165) is 22.3 Å². The van der Waals surface area contributed by atoms with Gasteiger partial charge < -0.3 is 0 Å². The van der Waals surface area contributed by atoms with Crippen LogP contribution in [0.15, 0.2) is 66.4 Å². The first-order valence-corrected chi connectivity index (χ1v) is 19.4. The Morgan fingerprint density at radius 2 is 0.692 bits per heavy atom. The van der Waals surface area contributed by atoms with Gasteiger partial charge in [0, 0.05) is 0 Å². The van der Waals surface area contributed by atoms with E-state index in [0.29, 0.717) is 33.2 Å². The molecule has 208 valence electrons. The van der Waals surface area contributed by atoms with E-state index >= 15 is 0 Å². The highest BCUT2D eigenvalue weighted by Gasteiger charge is 2.42. The minimum Gasteiger partial charge on any atom is -0.124 e. The maximum Gasteiger partial charge on any atom is 0.146 e. The van der Waals surface area contributed by atoms with Crippen LogP contribution >= 0.6 is 0 Å². The van der Waals surface area contributed by atoms with E-state index in [1.165, 1.54) is 0 Å². The second-order valence-corrected chi connectivity index (χ2v) is 24.1. The molecular formula is C37H52Si2. The molecule has 2 rings (SSSR count). The molecular weight excluding hydrogens is 501 g/mol. The van der Waals surface area contributed by atoms with Gasteiger partial charge >= 0.3 is 0 Å². The normalized spacial score (nSPS) is 11.9. The van der Waals surface area contributed by atoms with E-state index in [-0.39, 0.29) is 0 Å². The Labute approximate surface area is 243 Å². The van der Waals surface area contributed by atoms with Crippen LogP contribution in [0.3, 0.4) is 0 Å². The van der Waals surface area contributed by atoms with Gasteiger partial charge in [-0.1, -0.05) is 161 Å². The molecule has 0 amide bonds. The Morgan fingerprint density at radius 3 is 0.923 bits per heavy atom. The van der Waals surface area contributed by atoms with Crippen molar-refractivity contribution in [1.29, 1.82) is 0 Å². The lowest BCUT2D eigenvalue weighted by Crippen LogP contribution is -2.43. The van der Waals surface area contributed by atoms with Gasteiger partial charge in [-0.05, 0) is 44.4 Å². The fraction of sp³-hybridized carbons (Fsp3) is 0.486. The largest absolute Gasteiger partial charge is 0.146 e. The van der Waals surface area contributed by atoms with Crippen molar-refractivity contribution in [2.75, 3.05) is 0 Å². The highest BCUT2D eigenvalue weighted by Crippen LogP contribution is 2.42. The third-order valence-electron chi connectivity index (χ3n) is 8.91. The third-order valence-corrected chi connectivity index (χ3v) is 21.5. The molecule has 0 saturated heterocycles. The maximum absolute atomic E-state index is 3.95. The van der Waals surface area contributed by atoms with Crippen LogP contribution in [0.4, 0.5) is 0 Å². The molecule has 0 nitrogen and oxygen atoms in total. The number of benzene rings is 2. The summed E-state index contributed by atoms with van der Waals surface area (Å²) >= 11 is 0. The van der Waals surface area contributed by atoms with Crippen LogP contribution in [0.25, 0.3) is 11.1 Å². The summed E-state index contributed by atoms with van der Waals surface area (Å²) < 4.78 is 0. The molecule has 0 atom stereocenters. The molecule has 0 bridgehead atoms. The third kappa shape index (κ3) is 7.38. The van der Waals surface area contributed by atoms with Crippen LogP contribution in [0, 0.1) is 22.9 Å². The first kappa shape index (κ1) is 32.7. The van der Waals surface area contributed by atoms with Gasteiger partial charge in [0.1, 0.15) is 16.1 Å². The molecule has 0 radical (unpaired) electrons. The van der Waals surface area contributed by atoms with Crippen LogP contribution < -0.4 is 0 Å². The van der Waals surface area contributed by atoms with Crippen molar-refractivity contribution in [1.82, 2.24) is 0 Å². The van der Waals surface area contributed by atoms with Crippen LogP contribution in [0.5, 0.6) is 0 Å². The predicted octanol–water partition coefficient (Wildman–Crippen LogP) is 11.2. The summed E-state index contributed by atoms with van der Waals surface area (Å²) in [4.78, 5) is 0. The van der Waals surface area contributed by atoms with Crippen molar-refractivity contribution in [2.24, 2.45) is 0 Å². The summed E-state index contributed by atoms with van der Waals surface area (Å²) in [6.45, 7) is 28.5. The van der Waals surface area contributed by atoms with Gasteiger partial charge in [-0.25, -0.2) is 0 Å². The van der Waals surface area contributed by atoms with Crippen LogP contribution in [-0.2, 0) is 0 Å². The van der Waals surface area contributed by atoms with Gasteiger partial charge in [-0.2, -0.15) is 0 Å². The van der Waals surface area contributed by atoms with Gasteiger partial charge in [0.15, 0.2) is 0 Å². The number of hydrogen-bond acceptors (Lipinski definition) is 0. The van der Waals surface area contributed by atoms with E-state index in [2.05, 4.69) is 172 Å². The SMILES string of the molecule is CC(C)[Si](C#CC(=C=C(C#C[Si](C(C)C)(C(C)C)C(C)C)c1ccccc1)c1ccccc1)(C(C)C)C(C)C. The average molecular weight is 553 g/mol. The van der Waals surface area contributed by atoms with Crippen molar-refractivity contribution in [3.8, 4) is 22.9 Å². The van der Waals surface area contributed by atoms with Crippen molar-refractivity contribution in [3.63, 3.8) is 0 Å². The van der Waals surface area contributed by atoms with Crippen molar-refractivity contribution in [3.05, 3.63) is 77.5 Å². The Balaban J connectivity index is 3.03. The average Bonchev–Trinajstić information content (AvgIpc) is 2.87. The molecule has 2 heteroatoms. The molecule has 0 N–H and O–H groups in total. The van der Waals surface area contributed by atoms with Crippen molar-refractivity contribution >= 4 is 27.3 Å². The second-order valence-electron chi connectivity index (χ2n) is 12.9. The minimum atomic E-state index is -1.91. The van der Waals surface area contributed by atoms with Crippen LogP contribution in [0.1, 0.15) is 94.2 Å². The van der Waals surface area contributed by atoms with E-state index in [9.17, 15) is 0 Å². The van der Waals surface area contributed by atoms with E-state index in [4.69, 9.17) is 0 Å². The zero-order chi connectivity index (χ0) is 29.4. The van der Waals surface area contributed by atoms with Crippen LogP contribution in [-0.4, -0.2) is 16.1 Å². The summed E-state index contributed by atoms with van der Waals surface area (Å²) in [5.41, 5.74) is 19.3. The molecule has 0 aliphatic carbocycles. The van der Waals surface area contributed by atoms with Gasteiger partial charge in [0.2, 0.25) is 0 Å². The molecule has 0 aliphatic rings. The Bertz CT molecular complexity index is 1110. The van der Waals surface area contributed by atoms with Gasteiger partial charge in [0.25, 0.3) is 0 Å². The van der Waals surface area contributed by atoms with E-state index < -0.39 is 16.1 Å². The van der Waals surface area contributed by atoms with E-state index in [1.54, 1.807) is 0 Å². The zero-order valence-corrected chi connectivity index (χ0v) is 28.7. The first-order chi connectivity index (χ1) is 18.3. The summed E-state index contributed by atoms with van der Waals surface area (Å²) in [6, 6.07) is 21.2. The van der Waals surface area contributed by atoms with Gasteiger partial charge in [-0.15, -0.1) is 11.1 Å². The Morgan fingerprint density at radius 1 is 0.436 bits per heavy atom. The summed E-state index contributed by atoms with van der Waals surface area (Å²) in [5.74, 6) is 7.45. The number of hydrogen-bond donors (Lipinski definition) is 0. The molecule has 0 heterocycles. The predicted molar refractivity (Wildman–Crippen MR) is 181 cm³/mol. The number of rotatable bonds is 8. The molecule has 0 aliphatic heterocycles. The zero-order valence-electron chi connectivity index (χ0n) is 26.7. The smallest absolute Gasteiger partial charge is 0.124 e. The van der Waals surface area contributed by atoms with Crippen LogP contribution in [0.2, 0.25) is 33.2 Å². The molecule has 0 spiro atoms. The lowest BCUT2D eigenvalue weighted by molar-refractivity contribution is 0.838. The molecule has 2 aromatic rings. The molecule has 0 unspecified atom stereocenters. The highest BCUT2D eigenvalue weighted by molar-refractivity contribution is 6.91. The monoisotopic (exact) mass is 552 g/mol. The minimum absolute atomic E-state index is 0.578. The summed E-state index contributed by atoms with van der Waals surface area (Å²) in [6.07, 6.45) is 0. The second kappa shape index (κ2) is 14.2. The highest BCUT2D eigenvalue weighted by atomic mass is 28.3. The molecule has 39 heavy (non-hydrogen) atoms. The summed E-state index contributed by atoms with van der Waals surface area (Å²) in [7, 11) is -3.81. The van der Waals surface area contributed by atoms with Gasteiger partial charge in [0.05, 0.1) is 11.1 Å². The Kier molecular flexibility index (Phi) is 11.9. The topological polar surface area (TPSA) is 0 Å². The quantitative estimate of drug-likeness (QED) is 0.173. The maximum atomic E-state index is 3.95. The molecule has 0 fully saturated rings. The fourth-order valence-electron chi connectivity index (χ4n) is 6.89. The molecule has 0 saturated carbocycles. The molecule has 2 aromatic carbocycles. The summed E-state index contributed by atoms with van der Waals surface area (Å²) in [5, 5.41) is 0. The number of allylic oxidation sites excluding steroid dienone is 1.